The molecule has 0 saturated carbocycles. The van der Waals surface area contributed by atoms with E-state index in [1.165, 1.54) is 6.92 Å². The molecule has 1 fully saturated rings. The average Bonchev–Trinajstić information content (AvgIpc) is 2.31. The first kappa shape index (κ1) is 13.8. The van der Waals surface area contributed by atoms with Crippen molar-refractivity contribution >= 4 is 12.0 Å². The van der Waals surface area contributed by atoms with Crippen LogP contribution >= 0.6 is 0 Å². The number of rotatable bonds is 4. The minimum Gasteiger partial charge on any atom is -0.480 e. The predicted octanol–water partition coefficient (Wildman–Crippen LogP) is 0.243. The number of urea groups is 1. The molecular weight excluding hydrogens is 222 g/mol. The summed E-state index contributed by atoms with van der Waals surface area (Å²) in [6, 6.07) is -0.921. The Balaban J connectivity index is 2.53. The molecular formula is C11H21N3O3. The number of aliphatic carboxylic acids is 1. The van der Waals surface area contributed by atoms with E-state index >= 15 is 0 Å². The molecule has 1 rings (SSSR count). The molecule has 98 valence electrons. The lowest BCUT2D eigenvalue weighted by Gasteiger charge is -2.34. The van der Waals surface area contributed by atoms with E-state index in [0.29, 0.717) is 6.54 Å². The lowest BCUT2D eigenvalue weighted by atomic mass is 10.1. The van der Waals surface area contributed by atoms with E-state index in [1.807, 2.05) is 6.92 Å². The Labute approximate surface area is 101 Å². The van der Waals surface area contributed by atoms with Crippen LogP contribution in [0.15, 0.2) is 0 Å². The first-order valence-corrected chi connectivity index (χ1v) is 6.07. The Kier molecular flexibility index (Phi) is 5.21. The molecule has 6 nitrogen and oxygen atoms in total. The maximum Gasteiger partial charge on any atom is 0.325 e. The molecule has 1 aliphatic rings. The van der Waals surface area contributed by atoms with E-state index in [0.717, 1.165) is 25.9 Å². The molecule has 0 spiro atoms. The number of carboxylic acids is 1. The van der Waals surface area contributed by atoms with Gasteiger partial charge in [-0.3, -0.25) is 4.79 Å². The summed E-state index contributed by atoms with van der Waals surface area (Å²) < 4.78 is 0. The number of carbonyl (C=O) groups excluding carboxylic acids is 1. The zero-order valence-corrected chi connectivity index (χ0v) is 10.4. The van der Waals surface area contributed by atoms with Crippen molar-refractivity contribution < 1.29 is 14.7 Å². The monoisotopic (exact) mass is 243 g/mol. The molecule has 0 aromatic carbocycles. The van der Waals surface area contributed by atoms with Crippen molar-refractivity contribution in [2.24, 2.45) is 0 Å². The third kappa shape index (κ3) is 3.89. The second-order valence-electron chi connectivity index (χ2n) is 4.28. The SMILES string of the molecule is CCN(C(=O)N[C@H](C)C(=O)O)C1CCNCC1. The Bertz CT molecular complexity index is 277. The van der Waals surface area contributed by atoms with Crippen LogP contribution in [0.5, 0.6) is 0 Å². The summed E-state index contributed by atoms with van der Waals surface area (Å²) in [4.78, 5) is 24.3. The average molecular weight is 243 g/mol. The third-order valence-electron chi connectivity index (χ3n) is 3.06. The highest BCUT2D eigenvalue weighted by Gasteiger charge is 2.25. The van der Waals surface area contributed by atoms with E-state index in [-0.39, 0.29) is 12.1 Å². The number of nitrogens with zero attached hydrogens (tertiary/aromatic N) is 1. The van der Waals surface area contributed by atoms with Crippen LogP contribution in [0.3, 0.4) is 0 Å². The van der Waals surface area contributed by atoms with Crippen molar-refractivity contribution in [3.63, 3.8) is 0 Å². The van der Waals surface area contributed by atoms with Gasteiger partial charge in [0.1, 0.15) is 6.04 Å². The van der Waals surface area contributed by atoms with Crippen LogP contribution in [0.25, 0.3) is 0 Å². The van der Waals surface area contributed by atoms with Crippen LogP contribution in [-0.2, 0) is 4.79 Å². The molecule has 0 aromatic rings. The molecule has 17 heavy (non-hydrogen) atoms. The van der Waals surface area contributed by atoms with Gasteiger partial charge in [0, 0.05) is 12.6 Å². The van der Waals surface area contributed by atoms with Gasteiger partial charge in [-0.15, -0.1) is 0 Å². The molecule has 0 radical (unpaired) electrons. The number of piperidine rings is 1. The maximum atomic E-state index is 11.9. The minimum absolute atomic E-state index is 0.210. The van der Waals surface area contributed by atoms with Crippen LogP contribution in [0.1, 0.15) is 26.7 Å². The van der Waals surface area contributed by atoms with Crippen molar-refractivity contribution in [3.8, 4) is 0 Å². The van der Waals surface area contributed by atoms with Gasteiger partial charge in [-0.1, -0.05) is 0 Å². The van der Waals surface area contributed by atoms with Gasteiger partial charge in [0.15, 0.2) is 0 Å². The number of carbonyl (C=O) groups is 2. The second kappa shape index (κ2) is 6.44. The van der Waals surface area contributed by atoms with E-state index in [4.69, 9.17) is 5.11 Å². The minimum atomic E-state index is -1.01. The predicted molar refractivity (Wildman–Crippen MR) is 63.9 cm³/mol. The molecule has 3 N–H and O–H groups in total. The van der Waals surface area contributed by atoms with Crippen molar-refractivity contribution in [2.45, 2.75) is 38.8 Å². The van der Waals surface area contributed by atoms with Crippen molar-refractivity contribution in [2.75, 3.05) is 19.6 Å². The molecule has 0 aromatic heterocycles. The van der Waals surface area contributed by atoms with E-state index in [1.54, 1.807) is 4.90 Å². The fourth-order valence-electron chi connectivity index (χ4n) is 2.02. The normalized spacial score (nSPS) is 18.5. The zero-order valence-electron chi connectivity index (χ0n) is 10.4. The molecule has 1 atom stereocenters. The van der Waals surface area contributed by atoms with E-state index in [9.17, 15) is 9.59 Å². The topological polar surface area (TPSA) is 81.7 Å². The Morgan fingerprint density at radius 2 is 2.06 bits per heavy atom. The van der Waals surface area contributed by atoms with Gasteiger partial charge in [0.2, 0.25) is 0 Å². The summed E-state index contributed by atoms with van der Waals surface area (Å²) in [5, 5.41) is 14.5. The maximum absolute atomic E-state index is 11.9. The van der Waals surface area contributed by atoms with Crippen LogP contribution in [-0.4, -0.2) is 53.7 Å². The zero-order chi connectivity index (χ0) is 12.8. The number of hydrogen-bond acceptors (Lipinski definition) is 3. The standard InChI is InChI=1S/C11H21N3O3/c1-3-14(9-4-6-12-7-5-9)11(17)13-8(2)10(15)16/h8-9,12H,3-7H2,1-2H3,(H,13,17)(H,15,16)/t8-/m1/s1. The summed E-state index contributed by atoms with van der Waals surface area (Å²) in [7, 11) is 0. The molecule has 0 bridgehead atoms. The van der Waals surface area contributed by atoms with Gasteiger partial charge in [-0.25, -0.2) is 4.79 Å². The Morgan fingerprint density at radius 3 is 2.53 bits per heavy atom. The summed E-state index contributed by atoms with van der Waals surface area (Å²) in [5.74, 6) is -1.01. The molecule has 1 saturated heterocycles. The fourth-order valence-corrected chi connectivity index (χ4v) is 2.02. The van der Waals surface area contributed by atoms with Gasteiger partial charge in [0.05, 0.1) is 0 Å². The van der Waals surface area contributed by atoms with Crippen molar-refractivity contribution in [1.29, 1.82) is 0 Å². The van der Waals surface area contributed by atoms with Crippen molar-refractivity contribution in [3.05, 3.63) is 0 Å². The summed E-state index contributed by atoms with van der Waals surface area (Å²) in [6.07, 6.45) is 1.84. The largest absolute Gasteiger partial charge is 0.480 e. The lowest BCUT2D eigenvalue weighted by molar-refractivity contribution is -0.138. The van der Waals surface area contributed by atoms with Gasteiger partial charge in [-0.2, -0.15) is 0 Å². The summed E-state index contributed by atoms with van der Waals surface area (Å²) in [5.41, 5.74) is 0. The first-order valence-electron chi connectivity index (χ1n) is 6.07. The second-order valence-corrected chi connectivity index (χ2v) is 4.28. The highest BCUT2D eigenvalue weighted by Crippen LogP contribution is 2.11. The number of nitrogens with one attached hydrogen (secondary N) is 2. The smallest absolute Gasteiger partial charge is 0.325 e. The third-order valence-corrected chi connectivity index (χ3v) is 3.06. The van der Waals surface area contributed by atoms with Crippen LogP contribution in [0, 0.1) is 0 Å². The lowest BCUT2D eigenvalue weighted by Crippen LogP contribution is -2.52. The molecule has 0 aliphatic carbocycles. The Morgan fingerprint density at radius 1 is 1.47 bits per heavy atom. The highest BCUT2D eigenvalue weighted by atomic mass is 16.4. The fraction of sp³-hybridized carbons (Fsp3) is 0.818. The summed E-state index contributed by atoms with van der Waals surface area (Å²) in [6.45, 7) is 5.79. The molecule has 1 aliphatic heterocycles. The molecule has 6 heteroatoms. The van der Waals surface area contributed by atoms with Crippen LogP contribution in [0.4, 0.5) is 4.79 Å². The van der Waals surface area contributed by atoms with Gasteiger partial charge in [0.25, 0.3) is 0 Å². The highest BCUT2D eigenvalue weighted by molar-refractivity contribution is 5.82. The van der Waals surface area contributed by atoms with Crippen LogP contribution < -0.4 is 10.6 Å². The van der Waals surface area contributed by atoms with E-state index in [2.05, 4.69) is 10.6 Å². The van der Waals surface area contributed by atoms with E-state index < -0.39 is 12.0 Å². The molecule has 1 heterocycles. The molecule has 2 amide bonds. The first-order chi connectivity index (χ1) is 8.06. The van der Waals surface area contributed by atoms with Crippen molar-refractivity contribution in [1.82, 2.24) is 15.5 Å². The number of hydrogen-bond donors (Lipinski definition) is 3. The molecule has 0 unspecified atom stereocenters. The van der Waals surface area contributed by atoms with Crippen LogP contribution in [0.2, 0.25) is 0 Å². The quantitative estimate of drug-likeness (QED) is 0.661. The van der Waals surface area contributed by atoms with Gasteiger partial charge in [-0.05, 0) is 39.8 Å². The Hall–Kier alpha value is -1.30. The summed E-state index contributed by atoms with van der Waals surface area (Å²) >= 11 is 0. The van der Waals surface area contributed by atoms with Gasteiger partial charge < -0.3 is 20.6 Å². The number of amides is 2. The number of carboxylic acid groups (broad SMARTS) is 1. The van der Waals surface area contributed by atoms with Gasteiger partial charge >= 0.3 is 12.0 Å².